The lowest BCUT2D eigenvalue weighted by Crippen LogP contribution is -2.26. The van der Waals surface area contributed by atoms with Crippen LogP contribution in [-0.4, -0.2) is 9.97 Å². The maximum atomic E-state index is 4.74. The Morgan fingerprint density at radius 2 is 0.898 bits per heavy atom. The molecule has 2 aliphatic carbocycles. The molecule has 0 radical (unpaired) electrons. The highest BCUT2D eigenvalue weighted by molar-refractivity contribution is 6.22. The maximum Gasteiger partial charge on any atom is 0.0892 e. The number of benzene rings is 7. The van der Waals surface area contributed by atoms with Crippen LogP contribution in [0, 0.1) is 0 Å². The number of nitrogens with zero attached hydrogens (tertiary/aromatic N) is 2. The van der Waals surface area contributed by atoms with E-state index < -0.39 is 5.41 Å². The van der Waals surface area contributed by atoms with Gasteiger partial charge < -0.3 is 0 Å². The Balaban J connectivity index is 1.37. The highest BCUT2D eigenvalue weighted by Gasteiger charge is 2.54. The zero-order chi connectivity index (χ0) is 32.1. The van der Waals surface area contributed by atoms with Crippen LogP contribution >= 0.6 is 0 Å². The van der Waals surface area contributed by atoms with Gasteiger partial charge in [0, 0.05) is 12.4 Å². The first kappa shape index (κ1) is 26.7. The van der Waals surface area contributed by atoms with Crippen molar-refractivity contribution < 1.29 is 0 Å². The number of fused-ring (bicyclic) bond motifs is 17. The third-order valence-electron chi connectivity index (χ3n) is 10.9. The SMILES string of the molecule is c1ccc(-c2cc(-c3cc4c(c5ccccc35)C3(c5ccccc5-c5ccccc53)c3c-4c4ccccc4c4ccccc34)ccn2)nc1. The Kier molecular flexibility index (Phi) is 5.34. The van der Waals surface area contributed by atoms with Gasteiger partial charge >= 0.3 is 0 Å². The topological polar surface area (TPSA) is 25.8 Å². The van der Waals surface area contributed by atoms with Gasteiger partial charge in [0.1, 0.15) is 0 Å². The summed E-state index contributed by atoms with van der Waals surface area (Å²) in [7, 11) is 0. The molecule has 11 rings (SSSR count). The van der Waals surface area contributed by atoms with Crippen molar-refractivity contribution in [3.05, 3.63) is 192 Å². The lowest BCUT2D eigenvalue weighted by atomic mass is 9.68. The first-order valence-electron chi connectivity index (χ1n) is 16.9. The average molecular weight is 621 g/mol. The van der Waals surface area contributed by atoms with E-state index in [9.17, 15) is 0 Å². The Morgan fingerprint density at radius 3 is 1.59 bits per heavy atom. The Hall–Kier alpha value is -6.38. The van der Waals surface area contributed by atoms with E-state index in [2.05, 4.69) is 145 Å². The van der Waals surface area contributed by atoms with Crippen LogP contribution < -0.4 is 0 Å². The van der Waals surface area contributed by atoms with E-state index in [1.165, 1.54) is 82.4 Å². The van der Waals surface area contributed by atoms with Crippen LogP contribution in [0.4, 0.5) is 0 Å². The van der Waals surface area contributed by atoms with E-state index >= 15 is 0 Å². The molecule has 1 spiro atoms. The van der Waals surface area contributed by atoms with Gasteiger partial charge in [0.25, 0.3) is 0 Å². The van der Waals surface area contributed by atoms with Crippen molar-refractivity contribution in [3.8, 4) is 44.8 Å². The first-order valence-corrected chi connectivity index (χ1v) is 16.9. The number of pyridine rings is 2. The molecular formula is C47H28N2. The van der Waals surface area contributed by atoms with E-state index in [1.54, 1.807) is 0 Å². The van der Waals surface area contributed by atoms with Crippen LogP contribution in [0.5, 0.6) is 0 Å². The summed E-state index contributed by atoms with van der Waals surface area (Å²) in [5, 5.41) is 7.70. The molecule has 0 saturated heterocycles. The van der Waals surface area contributed by atoms with Crippen LogP contribution in [0.15, 0.2) is 170 Å². The molecular weight excluding hydrogens is 593 g/mol. The van der Waals surface area contributed by atoms with E-state index in [1.807, 2.05) is 30.6 Å². The van der Waals surface area contributed by atoms with Crippen molar-refractivity contribution in [1.29, 1.82) is 0 Å². The minimum atomic E-state index is -0.489. The Labute approximate surface area is 284 Å². The van der Waals surface area contributed by atoms with E-state index in [0.717, 1.165) is 17.0 Å². The van der Waals surface area contributed by atoms with Gasteiger partial charge in [-0.05, 0) is 118 Å². The molecule has 0 atom stereocenters. The first-order chi connectivity index (χ1) is 24.3. The molecule has 0 bridgehead atoms. The zero-order valence-corrected chi connectivity index (χ0v) is 26.6. The standard InChI is InChI=1S/C47H28N2/c1-4-18-35-30(13-1)31-14-2-6-20-37(31)46-44(35)39-28-38(29-24-26-49-43(27-29)42-23-11-12-25-48-42)32-15-3-5-19-36(32)45(39)47(46)40-21-9-7-16-33(40)34-17-8-10-22-41(34)47/h1-28H. The molecule has 2 heteroatoms. The van der Waals surface area contributed by atoms with E-state index in [4.69, 9.17) is 4.98 Å². The van der Waals surface area contributed by atoms with Crippen LogP contribution in [0.25, 0.3) is 77.1 Å². The number of hydrogen-bond donors (Lipinski definition) is 0. The zero-order valence-electron chi connectivity index (χ0n) is 26.6. The molecule has 0 amide bonds. The van der Waals surface area contributed by atoms with Gasteiger partial charge in [0.05, 0.1) is 16.8 Å². The summed E-state index contributed by atoms with van der Waals surface area (Å²) in [6, 6.07) is 58.1. The lowest BCUT2D eigenvalue weighted by Gasteiger charge is -2.33. The molecule has 2 aliphatic rings. The van der Waals surface area contributed by atoms with Crippen molar-refractivity contribution in [2.24, 2.45) is 0 Å². The van der Waals surface area contributed by atoms with Crippen molar-refractivity contribution in [2.45, 2.75) is 5.41 Å². The highest BCUT2D eigenvalue weighted by atomic mass is 14.8. The molecule has 0 N–H and O–H groups in total. The Bertz CT molecular complexity index is 2790. The molecule has 2 nitrogen and oxygen atoms in total. The van der Waals surface area contributed by atoms with Crippen molar-refractivity contribution in [2.75, 3.05) is 0 Å². The number of rotatable bonds is 2. The lowest BCUT2D eigenvalue weighted by molar-refractivity contribution is 0.809. The minimum absolute atomic E-state index is 0.489. The van der Waals surface area contributed by atoms with Gasteiger partial charge in [-0.1, -0.05) is 127 Å². The Morgan fingerprint density at radius 1 is 0.347 bits per heavy atom. The predicted molar refractivity (Wildman–Crippen MR) is 202 cm³/mol. The average Bonchev–Trinajstić information content (AvgIpc) is 3.66. The second-order valence-electron chi connectivity index (χ2n) is 13.2. The molecule has 0 saturated carbocycles. The van der Waals surface area contributed by atoms with Crippen LogP contribution in [0.1, 0.15) is 22.3 Å². The summed E-state index contributed by atoms with van der Waals surface area (Å²) >= 11 is 0. The molecule has 0 aliphatic heterocycles. The van der Waals surface area contributed by atoms with Crippen LogP contribution in [-0.2, 0) is 5.41 Å². The monoisotopic (exact) mass is 620 g/mol. The van der Waals surface area contributed by atoms with Gasteiger partial charge in [0.2, 0.25) is 0 Å². The summed E-state index contributed by atoms with van der Waals surface area (Å²) in [5.41, 5.74) is 14.3. The summed E-state index contributed by atoms with van der Waals surface area (Å²) < 4.78 is 0. The van der Waals surface area contributed by atoms with Crippen molar-refractivity contribution in [3.63, 3.8) is 0 Å². The van der Waals surface area contributed by atoms with Crippen molar-refractivity contribution in [1.82, 2.24) is 9.97 Å². The van der Waals surface area contributed by atoms with Crippen molar-refractivity contribution >= 4 is 32.3 Å². The smallest absolute Gasteiger partial charge is 0.0892 e. The molecule has 0 unspecified atom stereocenters. The fourth-order valence-corrected chi connectivity index (χ4v) is 9.18. The van der Waals surface area contributed by atoms with Gasteiger partial charge in [-0.25, -0.2) is 0 Å². The molecule has 2 heterocycles. The fraction of sp³-hybridized carbons (Fsp3) is 0.0213. The maximum absolute atomic E-state index is 4.74. The van der Waals surface area contributed by atoms with Gasteiger partial charge in [-0.2, -0.15) is 0 Å². The molecule has 0 fully saturated rings. The van der Waals surface area contributed by atoms with Crippen LogP contribution in [0.2, 0.25) is 0 Å². The normalized spacial score (nSPS) is 13.5. The largest absolute Gasteiger partial charge is 0.255 e. The van der Waals surface area contributed by atoms with E-state index in [-0.39, 0.29) is 0 Å². The summed E-state index contributed by atoms with van der Waals surface area (Å²) in [6.45, 7) is 0. The van der Waals surface area contributed by atoms with Gasteiger partial charge in [-0.3, -0.25) is 9.97 Å². The fourth-order valence-electron chi connectivity index (χ4n) is 9.18. The third kappa shape index (κ3) is 3.40. The highest BCUT2D eigenvalue weighted by Crippen LogP contribution is 2.67. The van der Waals surface area contributed by atoms with E-state index in [0.29, 0.717) is 0 Å². The molecule has 9 aromatic rings. The molecule has 49 heavy (non-hydrogen) atoms. The summed E-state index contributed by atoms with van der Waals surface area (Å²) in [4.78, 5) is 9.37. The molecule has 7 aromatic carbocycles. The van der Waals surface area contributed by atoms with Gasteiger partial charge in [-0.15, -0.1) is 0 Å². The molecule has 2 aromatic heterocycles. The summed E-state index contributed by atoms with van der Waals surface area (Å²) in [5.74, 6) is 0. The van der Waals surface area contributed by atoms with Gasteiger partial charge in [0.15, 0.2) is 0 Å². The summed E-state index contributed by atoms with van der Waals surface area (Å²) in [6.07, 6.45) is 3.75. The second kappa shape index (κ2) is 9.82. The molecule has 226 valence electrons. The number of aromatic nitrogens is 2. The predicted octanol–water partition coefficient (Wildman–Crippen LogP) is 11.6. The number of hydrogen-bond acceptors (Lipinski definition) is 2. The minimum Gasteiger partial charge on any atom is -0.255 e. The quantitative estimate of drug-likeness (QED) is 0.180. The van der Waals surface area contributed by atoms with Crippen LogP contribution in [0.3, 0.4) is 0 Å². The second-order valence-corrected chi connectivity index (χ2v) is 13.2. The third-order valence-corrected chi connectivity index (χ3v) is 10.9.